The molecule has 0 radical (unpaired) electrons. The van der Waals surface area contributed by atoms with Gasteiger partial charge < -0.3 is 15.0 Å². The molecule has 0 bridgehead atoms. The Morgan fingerprint density at radius 2 is 2.36 bits per heavy atom. The maximum absolute atomic E-state index is 12.4. The predicted octanol–water partition coefficient (Wildman–Crippen LogP) is 1.43. The van der Waals surface area contributed by atoms with E-state index in [2.05, 4.69) is 9.97 Å². The molecule has 1 atom stereocenters. The number of nitrogens with one attached hydrogen (secondary N) is 1. The Kier molecular flexibility index (Phi) is 4.88. The summed E-state index contributed by atoms with van der Waals surface area (Å²) < 4.78 is 0. The highest BCUT2D eigenvalue weighted by Crippen LogP contribution is 2.39. The normalized spacial score (nSPS) is 20.1. The number of aromatic nitrogens is 2. The second-order valence-corrected chi connectivity index (χ2v) is 5.99. The minimum atomic E-state index is -1.31. The third-order valence-corrected chi connectivity index (χ3v) is 4.84. The van der Waals surface area contributed by atoms with Gasteiger partial charge in [0.25, 0.3) is 0 Å². The summed E-state index contributed by atoms with van der Waals surface area (Å²) in [6.45, 7) is 4.01. The van der Waals surface area contributed by atoms with Crippen LogP contribution in [0.1, 0.15) is 24.7 Å². The van der Waals surface area contributed by atoms with E-state index in [9.17, 15) is 9.59 Å². The average Bonchev–Trinajstić information content (AvgIpc) is 3.01. The number of amides is 1. The first kappa shape index (κ1) is 16.1. The number of carboxylic acid groups (broad SMARTS) is 1. The quantitative estimate of drug-likeness (QED) is 0.627. The van der Waals surface area contributed by atoms with Crippen LogP contribution in [0.2, 0.25) is 0 Å². The van der Waals surface area contributed by atoms with Crippen LogP contribution in [0.3, 0.4) is 0 Å². The van der Waals surface area contributed by atoms with Crippen molar-refractivity contribution in [1.82, 2.24) is 14.9 Å². The maximum Gasteiger partial charge on any atom is 0.349 e. The van der Waals surface area contributed by atoms with Gasteiger partial charge in [0, 0.05) is 12.2 Å². The van der Waals surface area contributed by atoms with Gasteiger partial charge in [-0.05, 0) is 26.7 Å². The van der Waals surface area contributed by atoms with Crippen LogP contribution in [0, 0.1) is 18.3 Å². The highest BCUT2D eigenvalue weighted by molar-refractivity contribution is 8.04. The molecule has 1 unspecified atom stereocenters. The molecule has 1 saturated heterocycles. The number of carbonyl (C=O) groups excluding carboxylic acids is 1. The summed E-state index contributed by atoms with van der Waals surface area (Å²) in [6, 6.07) is 1.68. The van der Waals surface area contributed by atoms with Gasteiger partial charge in [-0.2, -0.15) is 5.26 Å². The number of H-pyrrole nitrogens is 1. The number of carboxylic acids is 1. The van der Waals surface area contributed by atoms with E-state index in [0.29, 0.717) is 19.4 Å². The second-order valence-electron chi connectivity index (χ2n) is 4.80. The number of thioether (sulfide) groups is 1. The van der Waals surface area contributed by atoms with Crippen LogP contribution in [-0.2, 0) is 16.0 Å². The first-order chi connectivity index (χ1) is 10.5. The lowest BCUT2D eigenvalue weighted by molar-refractivity contribution is -0.132. The van der Waals surface area contributed by atoms with E-state index in [1.54, 1.807) is 19.3 Å². The van der Waals surface area contributed by atoms with Crippen molar-refractivity contribution in [3.05, 3.63) is 28.3 Å². The summed E-state index contributed by atoms with van der Waals surface area (Å²) in [5, 5.41) is 18.0. The smallest absolute Gasteiger partial charge is 0.349 e. The third kappa shape index (κ3) is 2.99. The van der Waals surface area contributed by atoms with E-state index in [0.717, 1.165) is 23.1 Å². The minimum absolute atomic E-state index is 0.148. The molecule has 1 aromatic rings. The molecule has 2 N–H and O–H groups in total. The molecule has 0 spiro atoms. The van der Waals surface area contributed by atoms with Crippen molar-refractivity contribution in [3.63, 3.8) is 0 Å². The van der Waals surface area contributed by atoms with Gasteiger partial charge in [0.2, 0.25) is 5.91 Å². The van der Waals surface area contributed by atoms with E-state index in [4.69, 9.17) is 10.4 Å². The minimum Gasteiger partial charge on any atom is -0.477 e. The van der Waals surface area contributed by atoms with Crippen molar-refractivity contribution in [2.24, 2.45) is 0 Å². The number of nitrogens with zero attached hydrogens (tertiary/aromatic N) is 3. The zero-order chi connectivity index (χ0) is 16.3. The van der Waals surface area contributed by atoms with Crippen molar-refractivity contribution < 1.29 is 14.7 Å². The number of nitriles is 1. The largest absolute Gasteiger partial charge is 0.477 e. The van der Waals surface area contributed by atoms with Crippen LogP contribution in [-0.4, -0.2) is 43.6 Å². The van der Waals surface area contributed by atoms with Gasteiger partial charge in [-0.3, -0.25) is 4.79 Å². The summed E-state index contributed by atoms with van der Waals surface area (Å²) in [6.07, 6.45) is 2.78. The van der Waals surface area contributed by atoms with E-state index in [1.807, 2.05) is 6.92 Å². The van der Waals surface area contributed by atoms with Crippen molar-refractivity contribution in [3.8, 4) is 6.07 Å². The SMILES string of the molecule is CCN1C(=O)C(CCc2nc[nH]c2C)S/C1=C(/C#N)C(=O)O. The number of aliphatic carboxylic acids is 1. The molecule has 22 heavy (non-hydrogen) atoms. The van der Waals surface area contributed by atoms with E-state index in [-0.39, 0.29) is 21.8 Å². The first-order valence-electron chi connectivity index (χ1n) is 6.84. The zero-order valence-corrected chi connectivity index (χ0v) is 13.1. The van der Waals surface area contributed by atoms with Crippen LogP contribution in [0.15, 0.2) is 16.9 Å². The van der Waals surface area contributed by atoms with Crippen LogP contribution < -0.4 is 0 Å². The Labute approximate surface area is 132 Å². The number of carbonyl (C=O) groups is 2. The zero-order valence-electron chi connectivity index (χ0n) is 12.3. The van der Waals surface area contributed by atoms with Crippen molar-refractivity contribution in [2.45, 2.75) is 31.9 Å². The molecule has 116 valence electrons. The van der Waals surface area contributed by atoms with Crippen molar-refractivity contribution >= 4 is 23.6 Å². The van der Waals surface area contributed by atoms with E-state index < -0.39 is 5.97 Å². The second kappa shape index (κ2) is 6.66. The Bertz CT molecular complexity index is 674. The number of aromatic amines is 1. The molecule has 1 fully saturated rings. The number of rotatable bonds is 5. The van der Waals surface area contributed by atoms with Gasteiger partial charge in [-0.1, -0.05) is 11.8 Å². The Balaban J connectivity index is 2.19. The fourth-order valence-corrected chi connectivity index (χ4v) is 3.62. The fourth-order valence-electron chi connectivity index (χ4n) is 2.29. The molecule has 2 rings (SSSR count). The van der Waals surface area contributed by atoms with Crippen LogP contribution in [0.25, 0.3) is 0 Å². The van der Waals surface area contributed by atoms with Gasteiger partial charge in [-0.25, -0.2) is 9.78 Å². The molecule has 7 nitrogen and oxygen atoms in total. The van der Waals surface area contributed by atoms with Gasteiger partial charge in [0.05, 0.1) is 17.3 Å². The summed E-state index contributed by atoms with van der Waals surface area (Å²) in [7, 11) is 0. The summed E-state index contributed by atoms with van der Waals surface area (Å²) >= 11 is 1.15. The highest BCUT2D eigenvalue weighted by Gasteiger charge is 2.38. The van der Waals surface area contributed by atoms with Crippen LogP contribution in [0.5, 0.6) is 0 Å². The van der Waals surface area contributed by atoms with Crippen LogP contribution >= 0.6 is 11.8 Å². The molecule has 0 aliphatic carbocycles. The van der Waals surface area contributed by atoms with E-state index >= 15 is 0 Å². The maximum atomic E-state index is 12.4. The summed E-state index contributed by atoms with van der Waals surface area (Å²) in [4.78, 5) is 32.1. The standard InChI is InChI=1S/C14H16N4O3S/c1-3-18-12(19)11(5-4-10-8(2)16-7-17-10)22-13(18)9(6-15)14(20)21/h7,11H,3-5H2,1-2H3,(H,16,17)(H,20,21)/b13-9-. The first-order valence-corrected chi connectivity index (χ1v) is 7.72. The lowest BCUT2D eigenvalue weighted by atomic mass is 10.1. The molecule has 1 amide bonds. The fraction of sp³-hybridized carbons (Fsp3) is 0.429. The molecule has 2 heterocycles. The molecule has 1 aliphatic heterocycles. The number of aryl methyl sites for hydroxylation is 2. The lowest BCUT2D eigenvalue weighted by Crippen LogP contribution is -2.29. The lowest BCUT2D eigenvalue weighted by Gasteiger charge is -2.14. The molecular formula is C14H16N4O3S. The van der Waals surface area contributed by atoms with Gasteiger partial charge in [0.1, 0.15) is 11.1 Å². The monoisotopic (exact) mass is 320 g/mol. The van der Waals surface area contributed by atoms with Gasteiger partial charge >= 0.3 is 5.97 Å². The van der Waals surface area contributed by atoms with Crippen molar-refractivity contribution in [2.75, 3.05) is 6.54 Å². The molecule has 0 saturated carbocycles. The average molecular weight is 320 g/mol. The Morgan fingerprint density at radius 1 is 1.64 bits per heavy atom. The van der Waals surface area contributed by atoms with Crippen LogP contribution in [0.4, 0.5) is 0 Å². The van der Waals surface area contributed by atoms with E-state index in [1.165, 1.54) is 4.90 Å². The molecule has 1 aromatic heterocycles. The number of hydrogen-bond donors (Lipinski definition) is 2. The summed E-state index contributed by atoms with van der Waals surface area (Å²) in [5.74, 6) is -1.45. The Hall–Kier alpha value is -2.27. The molecular weight excluding hydrogens is 304 g/mol. The summed E-state index contributed by atoms with van der Waals surface area (Å²) in [5.41, 5.74) is 1.48. The van der Waals surface area contributed by atoms with Gasteiger partial charge in [0.15, 0.2) is 5.57 Å². The molecule has 0 aromatic carbocycles. The Morgan fingerprint density at radius 3 is 2.86 bits per heavy atom. The molecule has 8 heteroatoms. The number of hydrogen-bond acceptors (Lipinski definition) is 5. The van der Waals surface area contributed by atoms with Gasteiger partial charge in [-0.15, -0.1) is 0 Å². The molecule has 1 aliphatic rings. The number of imidazole rings is 1. The topological polar surface area (TPSA) is 110 Å². The van der Waals surface area contributed by atoms with Crippen molar-refractivity contribution in [1.29, 1.82) is 5.26 Å². The highest BCUT2D eigenvalue weighted by atomic mass is 32.2. The predicted molar refractivity (Wildman–Crippen MR) is 80.7 cm³/mol. The third-order valence-electron chi connectivity index (χ3n) is 3.47.